The molecule has 27 heavy (non-hydrogen) atoms. The SMILES string of the molecule is C[C@H]1CN(c2ccc(Cl)cc2)C(=O)CN1Cc1cccc(OCC(N)=O)c1. The Labute approximate surface area is 163 Å². The van der Waals surface area contributed by atoms with Gasteiger partial charge in [0.05, 0.1) is 6.54 Å². The summed E-state index contributed by atoms with van der Waals surface area (Å²) in [5.74, 6) is 0.125. The van der Waals surface area contributed by atoms with E-state index in [1.807, 2.05) is 30.3 Å². The molecule has 7 heteroatoms. The first-order valence-corrected chi connectivity index (χ1v) is 9.10. The fourth-order valence-corrected chi connectivity index (χ4v) is 3.23. The minimum atomic E-state index is -0.516. The van der Waals surface area contributed by atoms with Gasteiger partial charge in [0.15, 0.2) is 6.61 Å². The molecule has 6 nitrogen and oxygen atoms in total. The molecule has 0 aliphatic carbocycles. The van der Waals surface area contributed by atoms with Crippen molar-refractivity contribution in [1.29, 1.82) is 0 Å². The van der Waals surface area contributed by atoms with Gasteiger partial charge in [-0.3, -0.25) is 14.5 Å². The summed E-state index contributed by atoms with van der Waals surface area (Å²) in [7, 11) is 0. The molecule has 0 unspecified atom stereocenters. The lowest BCUT2D eigenvalue weighted by Crippen LogP contribution is -2.54. The van der Waals surface area contributed by atoms with Crippen molar-refractivity contribution < 1.29 is 14.3 Å². The van der Waals surface area contributed by atoms with Crippen LogP contribution in [0.15, 0.2) is 48.5 Å². The second kappa shape index (κ2) is 8.41. The van der Waals surface area contributed by atoms with Crippen LogP contribution < -0.4 is 15.4 Å². The third-order valence-electron chi connectivity index (χ3n) is 4.51. The summed E-state index contributed by atoms with van der Waals surface area (Å²) in [6.07, 6.45) is 0. The van der Waals surface area contributed by atoms with Crippen LogP contribution in [0.1, 0.15) is 12.5 Å². The Morgan fingerprint density at radius 3 is 2.70 bits per heavy atom. The number of hydrogen-bond acceptors (Lipinski definition) is 4. The molecule has 1 aliphatic rings. The number of anilines is 1. The standard InChI is InChI=1S/C20H22ClN3O3/c1-14-10-24(17-7-5-16(21)6-8-17)20(26)12-23(14)11-15-3-2-4-18(9-15)27-13-19(22)25/h2-9,14H,10-13H2,1H3,(H2,22,25)/t14-/m0/s1. The minimum absolute atomic E-state index is 0.0524. The van der Waals surface area contributed by atoms with E-state index in [0.29, 0.717) is 30.4 Å². The molecule has 0 saturated carbocycles. The van der Waals surface area contributed by atoms with Gasteiger partial charge in [-0.15, -0.1) is 0 Å². The van der Waals surface area contributed by atoms with Crippen LogP contribution in [0.5, 0.6) is 5.75 Å². The third kappa shape index (κ3) is 4.99. The molecule has 3 rings (SSSR count). The second-order valence-corrected chi connectivity index (χ2v) is 7.07. The lowest BCUT2D eigenvalue weighted by atomic mass is 10.1. The second-order valence-electron chi connectivity index (χ2n) is 6.64. The van der Waals surface area contributed by atoms with Gasteiger partial charge in [-0.25, -0.2) is 0 Å². The van der Waals surface area contributed by atoms with Crippen LogP contribution in [-0.4, -0.2) is 42.5 Å². The molecule has 1 heterocycles. The first-order valence-electron chi connectivity index (χ1n) is 8.72. The van der Waals surface area contributed by atoms with E-state index in [-0.39, 0.29) is 18.6 Å². The van der Waals surface area contributed by atoms with Crippen molar-refractivity contribution in [3.05, 3.63) is 59.1 Å². The van der Waals surface area contributed by atoms with E-state index in [0.717, 1.165) is 11.3 Å². The summed E-state index contributed by atoms with van der Waals surface area (Å²) in [6, 6.07) is 15.0. The molecular formula is C20H22ClN3O3. The maximum atomic E-state index is 12.6. The monoisotopic (exact) mass is 387 g/mol. The van der Waals surface area contributed by atoms with Gasteiger partial charge in [0.2, 0.25) is 5.91 Å². The minimum Gasteiger partial charge on any atom is -0.484 e. The van der Waals surface area contributed by atoms with Gasteiger partial charge in [-0.05, 0) is 48.9 Å². The highest BCUT2D eigenvalue weighted by Crippen LogP contribution is 2.24. The summed E-state index contributed by atoms with van der Waals surface area (Å²) in [5.41, 5.74) is 6.98. The third-order valence-corrected chi connectivity index (χ3v) is 4.77. The van der Waals surface area contributed by atoms with Crippen LogP contribution in [-0.2, 0) is 16.1 Å². The highest BCUT2D eigenvalue weighted by molar-refractivity contribution is 6.30. The lowest BCUT2D eigenvalue weighted by molar-refractivity contribution is -0.122. The molecule has 2 N–H and O–H groups in total. The van der Waals surface area contributed by atoms with Crippen molar-refractivity contribution in [2.24, 2.45) is 5.73 Å². The Hall–Kier alpha value is -2.57. The fraction of sp³-hybridized carbons (Fsp3) is 0.300. The van der Waals surface area contributed by atoms with Gasteiger partial charge < -0.3 is 15.4 Å². The number of benzene rings is 2. The average molecular weight is 388 g/mol. The van der Waals surface area contributed by atoms with Crippen LogP contribution in [0.3, 0.4) is 0 Å². The Kier molecular flexibility index (Phi) is 5.98. The van der Waals surface area contributed by atoms with E-state index in [1.165, 1.54) is 0 Å². The van der Waals surface area contributed by atoms with Crippen LogP contribution >= 0.6 is 11.6 Å². The predicted molar refractivity (Wildman–Crippen MR) is 105 cm³/mol. The fourth-order valence-electron chi connectivity index (χ4n) is 3.10. The molecule has 2 amide bonds. The van der Waals surface area contributed by atoms with E-state index < -0.39 is 5.91 Å². The van der Waals surface area contributed by atoms with E-state index in [1.54, 1.807) is 23.1 Å². The summed E-state index contributed by atoms with van der Waals surface area (Å²) in [5, 5.41) is 0.649. The van der Waals surface area contributed by atoms with E-state index >= 15 is 0 Å². The Morgan fingerprint density at radius 2 is 2.00 bits per heavy atom. The number of primary amides is 1. The summed E-state index contributed by atoms with van der Waals surface area (Å²) < 4.78 is 5.35. The van der Waals surface area contributed by atoms with Crippen LogP contribution in [0, 0.1) is 0 Å². The number of halogens is 1. The quantitative estimate of drug-likeness (QED) is 0.826. The van der Waals surface area contributed by atoms with Crippen LogP contribution in [0.25, 0.3) is 0 Å². The zero-order chi connectivity index (χ0) is 19.4. The normalized spacial score (nSPS) is 17.8. The maximum Gasteiger partial charge on any atom is 0.255 e. The van der Waals surface area contributed by atoms with E-state index in [9.17, 15) is 9.59 Å². The van der Waals surface area contributed by atoms with Gasteiger partial charge in [-0.1, -0.05) is 23.7 Å². The summed E-state index contributed by atoms with van der Waals surface area (Å²) in [6.45, 7) is 3.50. The molecule has 0 spiro atoms. The highest BCUT2D eigenvalue weighted by Gasteiger charge is 2.30. The molecule has 1 aliphatic heterocycles. The lowest BCUT2D eigenvalue weighted by Gasteiger charge is -2.39. The zero-order valence-corrected chi connectivity index (χ0v) is 15.9. The Balaban J connectivity index is 1.65. The van der Waals surface area contributed by atoms with Gasteiger partial charge in [0, 0.05) is 29.8 Å². The van der Waals surface area contributed by atoms with Crippen molar-refractivity contribution in [2.75, 3.05) is 24.6 Å². The number of piperazine rings is 1. The molecule has 1 saturated heterocycles. The number of carbonyl (C=O) groups excluding carboxylic acids is 2. The van der Waals surface area contributed by atoms with Gasteiger partial charge in [0.1, 0.15) is 5.75 Å². The summed E-state index contributed by atoms with van der Waals surface area (Å²) in [4.78, 5) is 27.4. The van der Waals surface area contributed by atoms with Gasteiger partial charge in [-0.2, -0.15) is 0 Å². The maximum absolute atomic E-state index is 12.6. The van der Waals surface area contributed by atoms with Crippen molar-refractivity contribution in [3.8, 4) is 5.75 Å². The topological polar surface area (TPSA) is 75.9 Å². The largest absolute Gasteiger partial charge is 0.484 e. The first kappa shape index (κ1) is 19.2. The smallest absolute Gasteiger partial charge is 0.255 e. The van der Waals surface area contributed by atoms with Crippen LogP contribution in [0.2, 0.25) is 5.02 Å². The van der Waals surface area contributed by atoms with Crippen molar-refractivity contribution in [2.45, 2.75) is 19.5 Å². The molecule has 2 aromatic rings. The van der Waals surface area contributed by atoms with Crippen molar-refractivity contribution in [3.63, 3.8) is 0 Å². The number of ether oxygens (including phenoxy) is 1. The number of carbonyl (C=O) groups is 2. The molecule has 2 aromatic carbocycles. The molecule has 142 valence electrons. The molecule has 0 bridgehead atoms. The van der Waals surface area contributed by atoms with Crippen molar-refractivity contribution in [1.82, 2.24) is 4.90 Å². The molecule has 1 fully saturated rings. The Morgan fingerprint density at radius 1 is 1.26 bits per heavy atom. The first-order chi connectivity index (χ1) is 12.9. The average Bonchev–Trinajstić information content (AvgIpc) is 2.64. The zero-order valence-electron chi connectivity index (χ0n) is 15.1. The number of nitrogens with two attached hydrogens (primary N) is 1. The van der Waals surface area contributed by atoms with Gasteiger partial charge in [0.25, 0.3) is 5.91 Å². The van der Waals surface area contributed by atoms with Crippen molar-refractivity contribution >= 4 is 29.1 Å². The Bertz CT molecular complexity index is 825. The van der Waals surface area contributed by atoms with E-state index in [4.69, 9.17) is 22.1 Å². The molecular weight excluding hydrogens is 366 g/mol. The predicted octanol–water partition coefficient (Wildman–Crippen LogP) is 2.44. The summed E-state index contributed by atoms with van der Waals surface area (Å²) >= 11 is 5.93. The molecule has 0 aromatic heterocycles. The highest BCUT2D eigenvalue weighted by atomic mass is 35.5. The number of amides is 2. The van der Waals surface area contributed by atoms with E-state index in [2.05, 4.69) is 11.8 Å². The number of nitrogens with zero attached hydrogens (tertiary/aromatic N) is 2. The van der Waals surface area contributed by atoms with Crippen LogP contribution in [0.4, 0.5) is 5.69 Å². The number of hydrogen-bond donors (Lipinski definition) is 1. The van der Waals surface area contributed by atoms with Gasteiger partial charge >= 0.3 is 0 Å². The number of rotatable bonds is 6. The molecule has 0 radical (unpaired) electrons. The molecule has 1 atom stereocenters.